The fourth-order valence-electron chi connectivity index (χ4n) is 1.67. The Labute approximate surface area is 144 Å². The van der Waals surface area contributed by atoms with Gasteiger partial charge in [-0.05, 0) is 46.3 Å². The van der Waals surface area contributed by atoms with E-state index in [2.05, 4.69) is 43.2 Å². The molecular weight excluding hydrogens is 427 g/mol. The van der Waals surface area contributed by atoms with Gasteiger partial charge in [0.1, 0.15) is 6.04 Å². The molecule has 0 amide bonds. The highest BCUT2D eigenvalue weighted by atomic mass is 79.9. The summed E-state index contributed by atoms with van der Waals surface area (Å²) in [5.41, 5.74) is 1.62. The number of hydrogen-bond donors (Lipinski definition) is 1. The minimum atomic E-state index is -0.491. The van der Waals surface area contributed by atoms with E-state index in [1.165, 1.54) is 0 Å². The van der Waals surface area contributed by atoms with Crippen molar-refractivity contribution in [3.8, 4) is 6.07 Å². The number of benzene rings is 2. The molecule has 2 aromatic rings. The average molecular weight is 435 g/mol. The summed E-state index contributed by atoms with van der Waals surface area (Å²) in [5.74, 6) is 0. The molecular formula is C14H8Br2Cl2N2. The first-order chi connectivity index (χ1) is 9.51. The number of hydrogen-bond acceptors (Lipinski definition) is 2. The van der Waals surface area contributed by atoms with Crippen LogP contribution >= 0.6 is 55.1 Å². The zero-order valence-electron chi connectivity index (χ0n) is 10.0. The van der Waals surface area contributed by atoms with Crippen LogP contribution in [0.3, 0.4) is 0 Å². The van der Waals surface area contributed by atoms with E-state index in [0.717, 1.165) is 20.2 Å². The quantitative estimate of drug-likeness (QED) is 0.624. The molecule has 2 nitrogen and oxygen atoms in total. The lowest BCUT2D eigenvalue weighted by atomic mass is 10.1. The molecule has 0 aromatic heterocycles. The number of rotatable bonds is 3. The molecule has 2 rings (SSSR count). The minimum absolute atomic E-state index is 0.491. The maximum Gasteiger partial charge on any atom is 0.141 e. The van der Waals surface area contributed by atoms with Crippen molar-refractivity contribution in [3.63, 3.8) is 0 Å². The molecule has 0 radical (unpaired) electrons. The molecule has 0 spiro atoms. The van der Waals surface area contributed by atoms with E-state index in [9.17, 15) is 5.26 Å². The van der Waals surface area contributed by atoms with Gasteiger partial charge in [0.2, 0.25) is 0 Å². The lowest BCUT2D eigenvalue weighted by Gasteiger charge is -2.15. The normalized spacial score (nSPS) is 11.8. The van der Waals surface area contributed by atoms with Crippen LogP contribution in [0.25, 0.3) is 0 Å². The van der Waals surface area contributed by atoms with E-state index >= 15 is 0 Å². The first-order valence-corrected chi connectivity index (χ1v) is 7.91. The second kappa shape index (κ2) is 6.82. The highest BCUT2D eigenvalue weighted by Crippen LogP contribution is 2.31. The Balaban J connectivity index is 2.29. The molecule has 1 N–H and O–H groups in total. The SMILES string of the molecule is N#CC(Nc1ccc(Cl)c(Br)c1)c1ccc(Cl)cc1Br. The fourth-order valence-corrected chi connectivity index (χ4v) is 3.08. The van der Waals surface area contributed by atoms with Gasteiger partial charge in [0.05, 0.1) is 11.1 Å². The first kappa shape index (κ1) is 15.7. The fraction of sp³-hybridized carbons (Fsp3) is 0.0714. The smallest absolute Gasteiger partial charge is 0.141 e. The molecule has 0 aliphatic rings. The lowest BCUT2D eigenvalue weighted by molar-refractivity contribution is 0.989. The zero-order valence-corrected chi connectivity index (χ0v) is 14.7. The van der Waals surface area contributed by atoms with Crippen molar-refractivity contribution < 1.29 is 0 Å². The Morgan fingerprint density at radius 1 is 1.05 bits per heavy atom. The van der Waals surface area contributed by atoms with Gasteiger partial charge in [-0.1, -0.05) is 45.2 Å². The van der Waals surface area contributed by atoms with E-state index in [-0.39, 0.29) is 0 Å². The first-order valence-electron chi connectivity index (χ1n) is 5.57. The molecule has 0 saturated heterocycles. The molecule has 0 aliphatic heterocycles. The number of nitriles is 1. The Hall–Kier alpha value is -0.730. The van der Waals surface area contributed by atoms with Crippen molar-refractivity contribution in [2.75, 3.05) is 5.32 Å². The zero-order chi connectivity index (χ0) is 14.7. The van der Waals surface area contributed by atoms with Crippen molar-refractivity contribution in [2.24, 2.45) is 0 Å². The molecule has 0 saturated carbocycles. The van der Waals surface area contributed by atoms with Crippen molar-refractivity contribution in [3.05, 3.63) is 61.0 Å². The van der Waals surface area contributed by atoms with E-state index in [0.29, 0.717) is 10.0 Å². The van der Waals surface area contributed by atoms with Gasteiger partial charge in [-0.25, -0.2) is 0 Å². The minimum Gasteiger partial charge on any atom is -0.366 e. The summed E-state index contributed by atoms with van der Waals surface area (Å²) in [4.78, 5) is 0. The van der Waals surface area contributed by atoms with E-state index in [1.54, 1.807) is 18.2 Å². The predicted octanol–water partition coefficient (Wildman–Crippen LogP) is 6.20. The molecule has 6 heteroatoms. The molecule has 1 unspecified atom stereocenters. The van der Waals surface area contributed by atoms with Gasteiger partial charge < -0.3 is 5.32 Å². The maximum absolute atomic E-state index is 9.35. The van der Waals surface area contributed by atoms with Crippen LogP contribution in [0.4, 0.5) is 5.69 Å². The van der Waals surface area contributed by atoms with Crippen molar-refractivity contribution in [1.82, 2.24) is 0 Å². The standard InChI is InChI=1S/C14H8Br2Cl2N2/c15-11-5-8(17)1-3-10(11)14(7-19)20-9-2-4-13(18)12(16)6-9/h1-6,14,20H. The summed E-state index contributed by atoms with van der Waals surface area (Å²) in [6.45, 7) is 0. The van der Waals surface area contributed by atoms with E-state index < -0.39 is 6.04 Å². The number of anilines is 1. The maximum atomic E-state index is 9.35. The number of nitrogens with one attached hydrogen (secondary N) is 1. The third-order valence-corrected chi connectivity index (χ3v) is 4.77. The van der Waals surface area contributed by atoms with E-state index in [4.69, 9.17) is 23.2 Å². The second-order valence-corrected chi connectivity index (χ2v) is 6.55. The molecule has 1 atom stereocenters. The molecule has 0 aliphatic carbocycles. The largest absolute Gasteiger partial charge is 0.366 e. The summed E-state index contributed by atoms with van der Waals surface area (Å²) in [6.07, 6.45) is 0. The van der Waals surface area contributed by atoms with Crippen LogP contribution < -0.4 is 5.32 Å². The summed E-state index contributed by atoms with van der Waals surface area (Å²) >= 11 is 18.6. The van der Waals surface area contributed by atoms with Gasteiger partial charge in [0.15, 0.2) is 0 Å². The third kappa shape index (κ3) is 3.67. The predicted molar refractivity (Wildman–Crippen MR) is 90.3 cm³/mol. The van der Waals surface area contributed by atoms with Gasteiger partial charge in [-0.3, -0.25) is 0 Å². The molecule has 2 aromatic carbocycles. The van der Waals surface area contributed by atoms with Gasteiger partial charge in [-0.2, -0.15) is 5.26 Å². The van der Waals surface area contributed by atoms with Gasteiger partial charge in [0, 0.05) is 25.2 Å². The summed E-state index contributed by atoms with van der Waals surface area (Å²) in [7, 11) is 0. The highest BCUT2D eigenvalue weighted by Gasteiger charge is 2.14. The van der Waals surface area contributed by atoms with Crippen molar-refractivity contribution >= 4 is 60.7 Å². The average Bonchev–Trinajstić information content (AvgIpc) is 2.41. The molecule has 102 valence electrons. The van der Waals surface area contributed by atoms with Crippen molar-refractivity contribution in [2.45, 2.75) is 6.04 Å². The number of halogens is 4. The van der Waals surface area contributed by atoms with Crippen LogP contribution in [0.5, 0.6) is 0 Å². The van der Waals surface area contributed by atoms with Crippen LogP contribution in [0.15, 0.2) is 45.3 Å². The molecule has 0 fully saturated rings. The number of nitrogens with zero attached hydrogens (tertiary/aromatic N) is 1. The topological polar surface area (TPSA) is 35.8 Å². The Kier molecular flexibility index (Phi) is 5.34. The summed E-state index contributed by atoms with van der Waals surface area (Å²) in [5, 5.41) is 13.7. The summed E-state index contributed by atoms with van der Waals surface area (Å²) in [6, 6.07) is 12.5. The van der Waals surface area contributed by atoms with E-state index in [1.807, 2.05) is 18.2 Å². The van der Waals surface area contributed by atoms with Crippen LogP contribution in [0, 0.1) is 11.3 Å². The van der Waals surface area contributed by atoms with Crippen molar-refractivity contribution in [1.29, 1.82) is 5.26 Å². The van der Waals surface area contributed by atoms with Gasteiger partial charge in [-0.15, -0.1) is 0 Å². The Morgan fingerprint density at radius 2 is 1.80 bits per heavy atom. The van der Waals surface area contributed by atoms with Gasteiger partial charge in [0.25, 0.3) is 0 Å². The van der Waals surface area contributed by atoms with Crippen LogP contribution in [0.2, 0.25) is 10.0 Å². The van der Waals surface area contributed by atoms with Crippen LogP contribution in [-0.4, -0.2) is 0 Å². The summed E-state index contributed by atoms with van der Waals surface area (Å²) < 4.78 is 1.56. The lowest BCUT2D eigenvalue weighted by Crippen LogP contribution is -2.09. The highest BCUT2D eigenvalue weighted by molar-refractivity contribution is 9.10. The third-order valence-electron chi connectivity index (χ3n) is 2.63. The van der Waals surface area contributed by atoms with Gasteiger partial charge >= 0.3 is 0 Å². The molecule has 20 heavy (non-hydrogen) atoms. The van der Waals surface area contributed by atoms with Crippen LogP contribution in [-0.2, 0) is 0 Å². The monoisotopic (exact) mass is 432 g/mol. The molecule has 0 heterocycles. The van der Waals surface area contributed by atoms with Crippen LogP contribution in [0.1, 0.15) is 11.6 Å². The Morgan fingerprint density at radius 3 is 2.40 bits per heavy atom. The Bertz CT molecular complexity index is 683. The second-order valence-electron chi connectivity index (χ2n) is 4.00. The molecule has 0 bridgehead atoms.